The molecule has 90 valence electrons. The highest BCUT2D eigenvalue weighted by molar-refractivity contribution is 9.10. The van der Waals surface area contributed by atoms with Crippen molar-refractivity contribution in [2.24, 2.45) is 0 Å². The van der Waals surface area contributed by atoms with Crippen LogP contribution in [0.4, 0.5) is 0 Å². The van der Waals surface area contributed by atoms with E-state index >= 15 is 0 Å². The van der Waals surface area contributed by atoms with Gasteiger partial charge in [-0.25, -0.2) is 0 Å². The number of hydrogen-bond acceptors (Lipinski definition) is 2. The van der Waals surface area contributed by atoms with Crippen molar-refractivity contribution in [2.75, 3.05) is 7.05 Å². The first-order valence-electron chi connectivity index (χ1n) is 4.99. The van der Waals surface area contributed by atoms with E-state index in [4.69, 9.17) is 16.0 Å². The Hall–Kier alpha value is -0.290. The van der Waals surface area contributed by atoms with Crippen molar-refractivity contribution in [3.63, 3.8) is 0 Å². The van der Waals surface area contributed by atoms with Crippen molar-refractivity contribution in [2.45, 2.75) is 6.04 Å². The molecule has 1 aromatic heterocycles. The summed E-state index contributed by atoms with van der Waals surface area (Å²) in [5.41, 5.74) is 0.971. The number of nitrogens with one attached hydrogen (secondary N) is 1. The maximum absolute atomic E-state index is 6.29. The van der Waals surface area contributed by atoms with Gasteiger partial charge in [0.25, 0.3) is 0 Å². The number of rotatable bonds is 3. The molecule has 17 heavy (non-hydrogen) atoms. The van der Waals surface area contributed by atoms with Crippen LogP contribution >= 0.6 is 43.5 Å². The van der Waals surface area contributed by atoms with Gasteiger partial charge in [0.15, 0.2) is 0 Å². The van der Waals surface area contributed by atoms with Crippen molar-refractivity contribution in [3.8, 4) is 0 Å². The Morgan fingerprint density at radius 2 is 2.00 bits per heavy atom. The molecule has 0 radical (unpaired) electrons. The summed E-state index contributed by atoms with van der Waals surface area (Å²) in [6.07, 6.45) is 1.65. The molecular weight excluding hydrogens is 369 g/mol. The van der Waals surface area contributed by atoms with Crippen LogP contribution in [0, 0.1) is 0 Å². The van der Waals surface area contributed by atoms with Gasteiger partial charge < -0.3 is 9.73 Å². The first kappa shape index (κ1) is 13.1. The Bertz CT molecular complexity index is 527. The van der Waals surface area contributed by atoms with Gasteiger partial charge in [0.05, 0.1) is 21.8 Å². The minimum Gasteiger partial charge on any atom is -0.466 e. The zero-order valence-corrected chi connectivity index (χ0v) is 12.9. The average molecular weight is 379 g/mol. The van der Waals surface area contributed by atoms with Crippen LogP contribution in [0.15, 0.2) is 43.9 Å². The summed E-state index contributed by atoms with van der Waals surface area (Å²) in [5.74, 6) is 0.813. The maximum atomic E-state index is 6.29. The van der Waals surface area contributed by atoms with E-state index in [1.165, 1.54) is 0 Å². The number of furan rings is 1. The Kier molecular flexibility index (Phi) is 4.31. The van der Waals surface area contributed by atoms with Gasteiger partial charge in [-0.05, 0) is 56.6 Å². The van der Waals surface area contributed by atoms with Crippen molar-refractivity contribution >= 4 is 43.5 Å². The third-order valence-electron chi connectivity index (χ3n) is 2.49. The molecule has 0 fully saturated rings. The molecule has 0 saturated heterocycles. The van der Waals surface area contributed by atoms with Crippen LogP contribution in [-0.4, -0.2) is 7.05 Å². The SMILES string of the molecule is CNC(c1cccc(Br)c1Cl)c1occc1Br. The zero-order chi connectivity index (χ0) is 12.4. The fourth-order valence-corrected chi connectivity index (χ4v) is 2.73. The van der Waals surface area contributed by atoms with E-state index in [9.17, 15) is 0 Å². The van der Waals surface area contributed by atoms with Crippen LogP contribution in [0.3, 0.4) is 0 Å². The number of hydrogen-bond donors (Lipinski definition) is 1. The molecule has 0 aliphatic carbocycles. The highest BCUT2D eigenvalue weighted by atomic mass is 79.9. The third-order valence-corrected chi connectivity index (χ3v) is 4.45. The molecule has 1 aromatic carbocycles. The van der Waals surface area contributed by atoms with Gasteiger partial charge in [-0.3, -0.25) is 0 Å². The van der Waals surface area contributed by atoms with E-state index < -0.39 is 0 Å². The summed E-state index contributed by atoms with van der Waals surface area (Å²) >= 11 is 13.2. The second-order valence-corrected chi connectivity index (χ2v) is 5.58. The lowest BCUT2D eigenvalue weighted by molar-refractivity contribution is 0.461. The normalized spacial score (nSPS) is 12.7. The summed E-state index contributed by atoms with van der Waals surface area (Å²) in [5, 5.41) is 3.89. The lowest BCUT2D eigenvalue weighted by Crippen LogP contribution is -2.17. The Labute approximate surface area is 122 Å². The summed E-state index contributed by atoms with van der Waals surface area (Å²) < 4.78 is 7.28. The molecule has 1 heterocycles. The van der Waals surface area contributed by atoms with E-state index in [1.807, 2.05) is 31.3 Å². The van der Waals surface area contributed by atoms with Crippen molar-refractivity contribution < 1.29 is 4.42 Å². The van der Waals surface area contributed by atoms with Gasteiger partial charge in [0.2, 0.25) is 0 Å². The van der Waals surface area contributed by atoms with E-state index in [0.717, 1.165) is 20.3 Å². The van der Waals surface area contributed by atoms with E-state index in [-0.39, 0.29) is 6.04 Å². The fraction of sp³-hybridized carbons (Fsp3) is 0.167. The zero-order valence-electron chi connectivity index (χ0n) is 9.01. The second kappa shape index (κ2) is 5.57. The first-order chi connectivity index (χ1) is 8.15. The molecule has 1 atom stereocenters. The smallest absolute Gasteiger partial charge is 0.139 e. The van der Waals surface area contributed by atoms with E-state index in [1.54, 1.807) is 6.26 Å². The molecule has 0 aliphatic heterocycles. The van der Waals surface area contributed by atoms with Gasteiger partial charge in [-0.1, -0.05) is 23.7 Å². The predicted molar refractivity (Wildman–Crippen MR) is 76.5 cm³/mol. The molecule has 2 nitrogen and oxygen atoms in total. The lowest BCUT2D eigenvalue weighted by atomic mass is 10.0. The molecule has 5 heteroatoms. The minimum atomic E-state index is -0.0793. The highest BCUT2D eigenvalue weighted by Crippen LogP contribution is 2.35. The monoisotopic (exact) mass is 377 g/mol. The summed E-state index contributed by atoms with van der Waals surface area (Å²) in [6, 6.07) is 7.63. The molecule has 0 spiro atoms. The van der Waals surface area contributed by atoms with Gasteiger partial charge in [-0.2, -0.15) is 0 Å². The van der Waals surface area contributed by atoms with Crippen LogP contribution in [-0.2, 0) is 0 Å². The van der Waals surface area contributed by atoms with Crippen LogP contribution in [0.2, 0.25) is 5.02 Å². The molecule has 0 aliphatic rings. The van der Waals surface area contributed by atoms with Gasteiger partial charge >= 0.3 is 0 Å². The van der Waals surface area contributed by atoms with Crippen LogP contribution in [0.25, 0.3) is 0 Å². The van der Waals surface area contributed by atoms with Gasteiger partial charge in [0.1, 0.15) is 5.76 Å². The Morgan fingerprint density at radius 1 is 1.24 bits per heavy atom. The molecule has 1 N–H and O–H groups in total. The standard InChI is InChI=1S/C12H10Br2ClNO/c1-16-11(12-9(14)5-6-17-12)7-3-2-4-8(13)10(7)15/h2-6,11,16H,1H3. The third kappa shape index (κ3) is 2.60. The maximum Gasteiger partial charge on any atom is 0.139 e. The summed E-state index contributed by atoms with van der Waals surface area (Å²) in [7, 11) is 1.87. The first-order valence-corrected chi connectivity index (χ1v) is 6.95. The molecule has 2 aromatic rings. The molecule has 0 amide bonds. The summed E-state index contributed by atoms with van der Waals surface area (Å²) in [6.45, 7) is 0. The molecular formula is C12H10Br2ClNO. The van der Waals surface area contributed by atoms with E-state index in [2.05, 4.69) is 37.2 Å². The lowest BCUT2D eigenvalue weighted by Gasteiger charge is -2.17. The van der Waals surface area contributed by atoms with Crippen LogP contribution in [0.1, 0.15) is 17.4 Å². The van der Waals surface area contributed by atoms with Crippen molar-refractivity contribution in [3.05, 3.63) is 55.8 Å². The predicted octanol–water partition coefficient (Wildman–Crippen LogP) is 4.77. The van der Waals surface area contributed by atoms with E-state index in [0.29, 0.717) is 5.02 Å². The average Bonchev–Trinajstić information content (AvgIpc) is 2.72. The fourth-order valence-electron chi connectivity index (χ4n) is 1.68. The quantitative estimate of drug-likeness (QED) is 0.831. The molecule has 0 saturated carbocycles. The Morgan fingerprint density at radius 3 is 2.59 bits per heavy atom. The second-order valence-electron chi connectivity index (χ2n) is 3.50. The van der Waals surface area contributed by atoms with Crippen LogP contribution < -0.4 is 5.32 Å². The van der Waals surface area contributed by atoms with Crippen LogP contribution in [0.5, 0.6) is 0 Å². The van der Waals surface area contributed by atoms with Crippen molar-refractivity contribution in [1.82, 2.24) is 5.32 Å². The van der Waals surface area contributed by atoms with Gasteiger partial charge in [0, 0.05) is 4.47 Å². The molecule has 0 bridgehead atoms. The Balaban J connectivity index is 2.50. The molecule has 2 rings (SSSR count). The minimum absolute atomic E-state index is 0.0793. The number of halogens is 3. The summed E-state index contributed by atoms with van der Waals surface area (Å²) in [4.78, 5) is 0. The molecule has 1 unspecified atom stereocenters. The highest BCUT2D eigenvalue weighted by Gasteiger charge is 2.21. The number of benzene rings is 1. The topological polar surface area (TPSA) is 25.2 Å². The largest absolute Gasteiger partial charge is 0.466 e. The van der Waals surface area contributed by atoms with Crippen molar-refractivity contribution in [1.29, 1.82) is 0 Å². The van der Waals surface area contributed by atoms with Gasteiger partial charge in [-0.15, -0.1) is 0 Å².